The lowest BCUT2D eigenvalue weighted by Crippen LogP contribution is -2.27. The van der Waals surface area contributed by atoms with Gasteiger partial charge in [-0.1, -0.05) is 0 Å². The molecule has 0 saturated carbocycles. The Labute approximate surface area is 126 Å². The third kappa shape index (κ3) is 3.48. The van der Waals surface area contributed by atoms with E-state index in [4.69, 9.17) is 4.74 Å². The fraction of sp³-hybridized carbons (Fsp3) is 0.500. The summed E-state index contributed by atoms with van der Waals surface area (Å²) in [6, 6.07) is 0. The van der Waals surface area contributed by atoms with Gasteiger partial charge in [0.2, 0.25) is 23.0 Å². The lowest BCUT2D eigenvalue weighted by atomic mass is 10.2. The van der Waals surface area contributed by atoms with E-state index in [1.165, 1.54) is 6.33 Å². The molecule has 1 N–H and O–H groups in total. The molecular weight excluding hydrogens is 294 g/mol. The molecule has 8 nitrogen and oxygen atoms in total. The molecule has 0 bridgehead atoms. The lowest BCUT2D eigenvalue weighted by Gasteiger charge is -2.18. The SMILES string of the molecule is Cc1c(-c2nsc(NC(=O)OC(C)(C)C)n2)n(C)c[n+]1[O-]. The molecule has 0 saturated heterocycles. The van der Waals surface area contributed by atoms with Crippen LogP contribution in [0.5, 0.6) is 0 Å². The zero-order valence-electron chi connectivity index (χ0n) is 12.5. The maximum absolute atomic E-state index is 11.7. The van der Waals surface area contributed by atoms with Crippen LogP contribution in [0, 0.1) is 12.1 Å². The van der Waals surface area contributed by atoms with Crippen molar-refractivity contribution in [1.82, 2.24) is 13.9 Å². The molecule has 9 heteroatoms. The van der Waals surface area contributed by atoms with Crippen LogP contribution < -0.4 is 10.0 Å². The Kier molecular flexibility index (Phi) is 3.86. The number of imidazole rings is 1. The molecule has 1 amide bonds. The molecule has 2 heterocycles. The molecule has 21 heavy (non-hydrogen) atoms. The molecule has 0 aromatic carbocycles. The second-order valence-corrected chi connectivity index (χ2v) is 6.29. The number of nitrogens with zero attached hydrogens (tertiary/aromatic N) is 4. The highest BCUT2D eigenvalue weighted by molar-refractivity contribution is 7.10. The van der Waals surface area contributed by atoms with Gasteiger partial charge in [0.05, 0.1) is 7.05 Å². The van der Waals surface area contributed by atoms with Crippen molar-refractivity contribution in [2.75, 3.05) is 5.32 Å². The summed E-state index contributed by atoms with van der Waals surface area (Å²) in [4.78, 5) is 15.9. The highest BCUT2D eigenvalue weighted by Crippen LogP contribution is 2.22. The van der Waals surface area contributed by atoms with E-state index >= 15 is 0 Å². The molecule has 0 aliphatic rings. The summed E-state index contributed by atoms with van der Waals surface area (Å²) in [5, 5.41) is 14.4. The standard InChI is InChI=1S/C12H17N5O3S/c1-7-8(16(5)6-17(7)19)9-13-10(21-15-9)14-11(18)20-12(2,3)4/h6H,1-5H3,(H,13,14,15,18). The van der Waals surface area contributed by atoms with E-state index in [0.29, 0.717) is 22.3 Å². The van der Waals surface area contributed by atoms with Gasteiger partial charge >= 0.3 is 6.09 Å². The number of carbonyl (C=O) groups is 1. The number of carbonyl (C=O) groups excluding carboxylic acids is 1. The topological polar surface area (TPSA) is 96.0 Å². The average molecular weight is 311 g/mol. The van der Waals surface area contributed by atoms with Crippen LogP contribution in [0.4, 0.5) is 9.93 Å². The van der Waals surface area contributed by atoms with Gasteiger partial charge in [0, 0.05) is 18.5 Å². The van der Waals surface area contributed by atoms with Gasteiger partial charge < -0.3 is 9.94 Å². The Morgan fingerprint density at radius 1 is 1.52 bits per heavy atom. The number of hydrogen-bond donors (Lipinski definition) is 1. The van der Waals surface area contributed by atoms with Gasteiger partial charge in [0.25, 0.3) is 0 Å². The molecule has 114 valence electrons. The molecule has 0 aliphatic heterocycles. The molecule has 0 radical (unpaired) electrons. The molecular formula is C12H17N5O3S. The summed E-state index contributed by atoms with van der Waals surface area (Å²) in [7, 11) is 1.73. The smallest absolute Gasteiger partial charge is 0.414 e. The number of aromatic nitrogens is 4. The minimum absolute atomic E-state index is 0.317. The van der Waals surface area contributed by atoms with Crippen LogP contribution in [0.25, 0.3) is 11.5 Å². The van der Waals surface area contributed by atoms with Gasteiger partial charge in [-0.2, -0.15) is 9.36 Å². The highest BCUT2D eigenvalue weighted by atomic mass is 32.1. The number of rotatable bonds is 2. The van der Waals surface area contributed by atoms with E-state index in [1.54, 1.807) is 39.3 Å². The molecule has 0 fully saturated rings. The van der Waals surface area contributed by atoms with Gasteiger partial charge in [-0.25, -0.2) is 14.1 Å². The first kappa shape index (κ1) is 15.2. The number of nitrogens with one attached hydrogen (secondary N) is 1. The molecule has 2 aromatic rings. The van der Waals surface area contributed by atoms with E-state index in [1.807, 2.05) is 0 Å². The van der Waals surface area contributed by atoms with Gasteiger partial charge in [-0.15, -0.1) is 0 Å². The van der Waals surface area contributed by atoms with E-state index in [-0.39, 0.29) is 0 Å². The fourth-order valence-corrected chi connectivity index (χ4v) is 2.30. The van der Waals surface area contributed by atoms with E-state index in [2.05, 4.69) is 14.7 Å². The van der Waals surface area contributed by atoms with Crippen LogP contribution in [0.1, 0.15) is 26.5 Å². The second-order valence-electron chi connectivity index (χ2n) is 5.54. The maximum atomic E-state index is 11.7. The van der Waals surface area contributed by atoms with Crippen molar-refractivity contribution in [3.63, 3.8) is 0 Å². The van der Waals surface area contributed by atoms with Gasteiger partial charge in [0.1, 0.15) is 5.60 Å². The summed E-state index contributed by atoms with van der Waals surface area (Å²) in [6.07, 6.45) is 0.805. The van der Waals surface area contributed by atoms with Crippen molar-refractivity contribution in [3.05, 3.63) is 17.2 Å². The number of anilines is 1. The Morgan fingerprint density at radius 3 is 2.71 bits per heavy atom. The Morgan fingerprint density at radius 2 is 2.19 bits per heavy atom. The largest absolute Gasteiger partial charge is 0.711 e. The van der Waals surface area contributed by atoms with Crippen molar-refractivity contribution in [3.8, 4) is 11.5 Å². The predicted octanol–water partition coefficient (Wildman–Crippen LogP) is 1.83. The fourth-order valence-electron chi connectivity index (χ4n) is 1.74. The average Bonchev–Trinajstić information content (AvgIpc) is 2.83. The molecule has 0 atom stereocenters. The predicted molar refractivity (Wildman–Crippen MR) is 77.9 cm³/mol. The first-order chi connectivity index (χ1) is 9.67. The third-order valence-corrected chi connectivity index (χ3v) is 3.18. The van der Waals surface area contributed by atoms with Crippen LogP contribution >= 0.6 is 11.5 Å². The van der Waals surface area contributed by atoms with Crippen molar-refractivity contribution in [2.45, 2.75) is 33.3 Å². The normalized spacial score (nSPS) is 11.5. The van der Waals surface area contributed by atoms with Crippen LogP contribution in [-0.2, 0) is 11.8 Å². The van der Waals surface area contributed by atoms with Crippen molar-refractivity contribution < 1.29 is 14.3 Å². The van der Waals surface area contributed by atoms with Crippen molar-refractivity contribution >= 4 is 22.8 Å². The second kappa shape index (κ2) is 5.32. The highest BCUT2D eigenvalue weighted by Gasteiger charge is 2.22. The first-order valence-electron chi connectivity index (χ1n) is 6.26. The number of ether oxygens (including phenoxy) is 1. The van der Waals surface area contributed by atoms with Crippen LogP contribution in [0.15, 0.2) is 6.33 Å². The number of hydrogen-bond acceptors (Lipinski definition) is 6. The summed E-state index contributed by atoms with van der Waals surface area (Å²) >= 11 is 1.03. The minimum atomic E-state index is -0.590. The van der Waals surface area contributed by atoms with E-state index in [0.717, 1.165) is 16.3 Å². The third-order valence-electron chi connectivity index (χ3n) is 2.55. The van der Waals surface area contributed by atoms with Crippen LogP contribution in [0.3, 0.4) is 0 Å². The number of aryl methyl sites for hydroxylation is 1. The Hall–Kier alpha value is -2.16. The van der Waals surface area contributed by atoms with Crippen LogP contribution in [0.2, 0.25) is 0 Å². The lowest BCUT2D eigenvalue weighted by molar-refractivity contribution is -0.611. The molecule has 0 unspecified atom stereocenters. The number of amides is 1. The Bertz CT molecular complexity index is 671. The molecule has 0 aliphatic carbocycles. The minimum Gasteiger partial charge on any atom is -0.711 e. The summed E-state index contributed by atoms with van der Waals surface area (Å²) in [5.74, 6) is 0.389. The summed E-state index contributed by atoms with van der Waals surface area (Å²) < 4.78 is 11.7. The van der Waals surface area contributed by atoms with Crippen molar-refractivity contribution in [1.29, 1.82) is 0 Å². The summed E-state index contributed by atoms with van der Waals surface area (Å²) in [6.45, 7) is 7.01. The maximum Gasteiger partial charge on any atom is 0.414 e. The zero-order chi connectivity index (χ0) is 15.8. The monoisotopic (exact) mass is 311 g/mol. The van der Waals surface area contributed by atoms with Crippen LogP contribution in [-0.4, -0.2) is 25.6 Å². The van der Waals surface area contributed by atoms with Gasteiger partial charge in [-0.3, -0.25) is 5.32 Å². The van der Waals surface area contributed by atoms with Gasteiger partial charge in [-0.05, 0) is 20.8 Å². The molecule has 2 rings (SSSR count). The zero-order valence-corrected chi connectivity index (χ0v) is 13.3. The Balaban J connectivity index is 2.17. The summed E-state index contributed by atoms with van der Waals surface area (Å²) in [5.41, 5.74) is 0.526. The first-order valence-corrected chi connectivity index (χ1v) is 7.04. The van der Waals surface area contributed by atoms with Gasteiger partial charge in [0.15, 0.2) is 5.69 Å². The quantitative estimate of drug-likeness (QED) is 0.674. The van der Waals surface area contributed by atoms with Crippen molar-refractivity contribution in [2.24, 2.45) is 7.05 Å². The molecule has 2 aromatic heterocycles. The van der Waals surface area contributed by atoms with E-state index in [9.17, 15) is 10.0 Å². The van der Waals surface area contributed by atoms with E-state index < -0.39 is 11.7 Å². The molecule has 0 spiro atoms.